The van der Waals surface area contributed by atoms with Crippen LogP contribution < -0.4 is 10.6 Å². The first kappa shape index (κ1) is 16.3. The summed E-state index contributed by atoms with van der Waals surface area (Å²) in [6.45, 7) is 3.95. The van der Waals surface area contributed by atoms with Crippen LogP contribution in [0.4, 0.5) is 5.13 Å². The molecule has 22 heavy (non-hydrogen) atoms. The molecule has 3 rings (SSSR count). The first-order chi connectivity index (χ1) is 10.4. The molecule has 0 unspecified atom stereocenters. The summed E-state index contributed by atoms with van der Waals surface area (Å²) in [4.78, 5) is 3.18. The van der Waals surface area contributed by atoms with Crippen LogP contribution in [0.2, 0.25) is 10.0 Å². The van der Waals surface area contributed by atoms with E-state index >= 15 is 0 Å². The van der Waals surface area contributed by atoms with Crippen LogP contribution in [0.1, 0.15) is 19.8 Å². The number of aromatic nitrogens is 2. The van der Waals surface area contributed by atoms with E-state index in [9.17, 15) is 0 Å². The van der Waals surface area contributed by atoms with E-state index in [2.05, 4.69) is 22.0 Å². The normalized spacial score (nSPS) is 17.7. The van der Waals surface area contributed by atoms with E-state index in [0.717, 1.165) is 40.3 Å². The number of anilines is 1. The average molecular weight is 375 g/mol. The molecule has 1 aromatic carbocycles. The first-order valence-corrected chi connectivity index (χ1v) is 9.32. The van der Waals surface area contributed by atoms with Crippen molar-refractivity contribution in [1.82, 2.24) is 10.2 Å². The SMILES string of the molecule is CC1(N)CCN(c2nnc(Sc3ccc(Cl)cc3Cl)s2)CC1. The van der Waals surface area contributed by atoms with Crippen molar-refractivity contribution in [2.24, 2.45) is 5.73 Å². The Morgan fingerprint density at radius 1 is 1.27 bits per heavy atom. The molecule has 0 amide bonds. The second kappa shape index (κ2) is 6.53. The van der Waals surface area contributed by atoms with Crippen LogP contribution in [0.5, 0.6) is 0 Å². The van der Waals surface area contributed by atoms with Gasteiger partial charge in [0.2, 0.25) is 5.13 Å². The molecule has 1 aromatic heterocycles. The number of piperidine rings is 1. The Labute approximate surface area is 148 Å². The zero-order valence-electron chi connectivity index (χ0n) is 12.1. The minimum Gasteiger partial charge on any atom is -0.346 e. The lowest BCUT2D eigenvalue weighted by Gasteiger charge is -2.36. The highest BCUT2D eigenvalue weighted by molar-refractivity contribution is 8.01. The van der Waals surface area contributed by atoms with E-state index in [4.69, 9.17) is 28.9 Å². The van der Waals surface area contributed by atoms with Crippen LogP contribution in [0.3, 0.4) is 0 Å². The van der Waals surface area contributed by atoms with E-state index in [1.807, 2.05) is 12.1 Å². The summed E-state index contributed by atoms with van der Waals surface area (Å²) >= 11 is 15.2. The monoisotopic (exact) mass is 374 g/mol. The van der Waals surface area contributed by atoms with Gasteiger partial charge >= 0.3 is 0 Å². The lowest BCUT2D eigenvalue weighted by atomic mass is 9.91. The fourth-order valence-corrected chi connectivity index (χ4v) is 4.61. The summed E-state index contributed by atoms with van der Waals surface area (Å²) in [6, 6.07) is 5.46. The topological polar surface area (TPSA) is 55.0 Å². The molecule has 4 nitrogen and oxygen atoms in total. The Bertz CT molecular complexity index is 665. The smallest absolute Gasteiger partial charge is 0.209 e. The summed E-state index contributed by atoms with van der Waals surface area (Å²) in [5, 5.41) is 10.8. The Morgan fingerprint density at radius 3 is 2.68 bits per heavy atom. The highest BCUT2D eigenvalue weighted by atomic mass is 35.5. The van der Waals surface area contributed by atoms with Gasteiger partial charge in [0.1, 0.15) is 0 Å². The maximum Gasteiger partial charge on any atom is 0.209 e. The van der Waals surface area contributed by atoms with E-state index < -0.39 is 0 Å². The molecule has 1 aliphatic rings. The van der Waals surface area contributed by atoms with Crippen molar-refractivity contribution in [2.75, 3.05) is 18.0 Å². The Morgan fingerprint density at radius 2 is 2.00 bits per heavy atom. The van der Waals surface area contributed by atoms with Gasteiger partial charge in [0.15, 0.2) is 4.34 Å². The van der Waals surface area contributed by atoms with E-state index in [1.165, 1.54) is 11.8 Å². The molecular weight excluding hydrogens is 359 g/mol. The van der Waals surface area contributed by atoms with Gasteiger partial charge in [-0.1, -0.05) is 46.3 Å². The minimum absolute atomic E-state index is 0.0599. The van der Waals surface area contributed by atoms with E-state index in [1.54, 1.807) is 17.4 Å². The van der Waals surface area contributed by atoms with Gasteiger partial charge in [0.05, 0.1) is 5.02 Å². The molecule has 1 aliphatic heterocycles. The van der Waals surface area contributed by atoms with Gasteiger partial charge in [-0.2, -0.15) is 0 Å². The summed E-state index contributed by atoms with van der Waals surface area (Å²) in [5.74, 6) is 0. The lowest BCUT2D eigenvalue weighted by molar-refractivity contribution is 0.364. The van der Waals surface area contributed by atoms with Crippen molar-refractivity contribution in [1.29, 1.82) is 0 Å². The second-order valence-corrected chi connectivity index (χ2v) is 8.76. The van der Waals surface area contributed by atoms with Crippen molar-refractivity contribution in [3.63, 3.8) is 0 Å². The van der Waals surface area contributed by atoms with Crippen LogP contribution in [-0.4, -0.2) is 28.8 Å². The van der Waals surface area contributed by atoms with Crippen LogP contribution in [0.15, 0.2) is 27.4 Å². The zero-order chi connectivity index (χ0) is 15.7. The quantitative estimate of drug-likeness (QED) is 0.866. The molecule has 0 aliphatic carbocycles. The number of benzene rings is 1. The molecule has 0 atom stereocenters. The molecule has 0 spiro atoms. The third-order valence-electron chi connectivity index (χ3n) is 3.66. The lowest BCUT2D eigenvalue weighted by Crippen LogP contribution is -2.48. The summed E-state index contributed by atoms with van der Waals surface area (Å²) in [6.07, 6.45) is 1.94. The van der Waals surface area contributed by atoms with Gasteiger partial charge in [-0.15, -0.1) is 10.2 Å². The van der Waals surface area contributed by atoms with Crippen molar-refractivity contribution < 1.29 is 0 Å². The zero-order valence-corrected chi connectivity index (χ0v) is 15.2. The fourth-order valence-electron chi connectivity index (χ4n) is 2.23. The molecule has 8 heteroatoms. The van der Waals surface area contributed by atoms with Gasteiger partial charge in [0.25, 0.3) is 0 Å². The molecule has 2 N–H and O–H groups in total. The molecule has 2 aromatic rings. The maximum absolute atomic E-state index is 6.19. The highest BCUT2D eigenvalue weighted by Gasteiger charge is 2.27. The molecule has 1 fully saturated rings. The minimum atomic E-state index is -0.0599. The number of hydrogen-bond donors (Lipinski definition) is 1. The third-order valence-corrected chi connectivity index (χ3v) is 6.43. The fraction of sp³-hybridized carbons (Fsp3) is 0.429. The van der Waals surface area contributed by atoms with Gasteiger partial charge in [0, 0.05) is 28.5 Å². The van der Waals surface area contributed by atoms with Crippen molar-refractivity contribution in [2.45, 2.75) is 34.5 Å². The largest absolute Gasteiger partial charge is 0.346 e. The number of halogens is 2. The van der Waals surface area contributed by atoms with Gasteiger partial charge in [-0.3, -0.25) is 0 Å². The maximum atomic E-state index is 6.19. The Hall–Kier alpha value is -0.530. The van der Waals surface area contributed by atoms with Crippen LogP contribution >= 0.6 is 46.3 Å². The Kier molecular flexibility index (Phi) is 4.85. The van der Waals surface area contributed by atoms with Crippen LogP contribution in [0.25, 0.3) is 0 Å². The van der Waals surface area contributed by atoms with Crippen molar-refractivity contribution >= 4 is 51.4 Å². The van der Waals surface area contributed by atoms with Crippen molar-refractivity contribution in [3.8, 4) is 0 Å². The highest BCUT2D eigenvalue weighted by Crippen LogP contribution is 2.38. The average Bonchev–Trinajstić information content (AvgIpc) is 2.90. The molecular formula is C14H16Cl2N4S2. The third kappa shape index (κ3) is 3.86. The van der Waals surface area contributed by atoms with E-state index in [-0.39, 0.29) is 5.54 Å². The number of nitrogens with zero attached hydrogens (tertiary/aromatic N) is 3. The van der Waals surface area contributed by atoms with Gasteiger partial charge in [-0.05, 0) is 38.0 Å². The molecule has 0 saturated carbocycles. The summed E-state index contributed by atoms with van der Waals surface area (Å²) in [7, 11) is 0. The number of nitrogens with two attached hydrogens (primary N) is 1. The van der Waals surface area contributed by atoms with Crippen molar-refractivity contribution in [3.05, 3.63) is 28.2 Å². The standard InChI is InChI=1S/C14H16Cl2N4S2/c1-14(17)4-6-20(7-5-14)12-18-19-13(22-12)21-11-3-2-9(15)8-10(11)16/h2-3,8H,4-7,17H2,1H3. The van der Waals surface area contributed by atoms with E-state index in [0.29, 0.717) is 10.0 Å². The molecule has 2 heterocycles. The first-order valence-electron chi connectivity index (χ1n) is 6.93. The number of hydrogen-bond acceptors (Lipinski definition) is 6. The van der Waals surface area contributed by atoms with Gasteiger partial charge in [-0.25, -0.2) is 0 Å². The molecule has 0 bridgehead atoms. The molecule has 1 saturated heterocycles. The summed E-state index contributed by atoms with van der Waals surface area (Å²) in [5.41, 5.74) is 6.11. The second-order valence-electron chi connectivity index (χ2n) is 5.67. The molecule has 0 radical (unpaired) electrons. The molecule has 118 valence electrons. The Balaban J connectivity index is 1.69. The van der Waals surface area contributed by atoms with Gasteiger partial charge < -0.3 is 10.6 Å². The number of rotatable bonds is 3. The predicted octanol–water partition coefficient (Wildman–Crippen LogP) is 4.31. The van der Waals surface area contributed by atoms with Crippen LogP contribution in [-0.2, 0) is 0 Å². The predicted molar refractivity (Wildman–Crippen MR) is 94.5 cm³/mol. The summed E-state index contributed by atoms with van der Waals surface area (Å²) < 4.78 is 0.875. The van der Waals surface area contributed by atoms with Crippen LogP contribution in [0, 0.1) is 0 Å².